The lowest BCUT2D eigenvalue weighted by molar-refractivity contribution is -0.174. The third-order valence-electron chi connectivity index (χ3n) is 3.11. The summed E-state index contributed by atoms with van der Waals surface area (Å²) < 4.78 is 39.8. The van der Waals surface area contributed by atoms with Crippen LogP contribution in [0.1, 0.15) is 39.0 Å². The van der Waals surface area contributed by atoms with Gasteiger partial charge in [-0.1, -0.05) is 13.3 Å². The van der Waals surface area contributed by atoms with Crippen LogP contribution < -0.4 is 5.32 Å². The molecule has 0 saturated heterocycles. The highest BCUT2D eigenvalue weighted by Crippen LogP contribution is 2.18. The Bertz CT molecular complexity index is 204. The van der Waals surface area contributed by atoms with E-state index < -0.39 is 12.8 Å². The molecule has 0 aromatic rings. The third-order valence-corrected chi connectivity index (χ3v) is 3.11. The van der Waals surface area contributed by atoms with Crippen LogP contribution in [0.3, 0.4) is 0 Å². The quantitative estimate of drug-likeness (QED) is 0.671. The Morgan fingerprint density at radius 2 is 2.06 bits per heavy atom. The number of halogens is 3. The minimum atomic E-state index is -4.20. The lowest BCUT2D eigenvalue weighted by Crippen LogP contribution is -2.37. The van der Waals surface area contributed by atoms with Crippen LogP contribution in [0.25, 0.3) is 0 Å². The topological polar surface area (TPSA) is 21.3 Å². The van der Waals surface area contributed by atoms with Gasteiger partial charge in [-0.15, -0.1) is 0 Å². The summed E-state index contributed by atoms with van der Waals surface area (Å²) in [5.41, 5.74) is 0. The molecule has 2 nitrogen and oxygen atoms in total. The number of alkyl halides is 3. The molecule has 0 heterocycles. The zero-order chi connectivity index (χ0) is 12.7. The first-order valence-electron chi connectivity index (χ1n) is 6.35. The second kappa shape index (κ2) is 7.21. The van der Waals surface area contributed by atoms with E-state index in [4.69, 9.17) is 0 Å². The zero-order valence-corrected chi connectivity index (χ0v) is 10.4. The molecule has 1 unspecified atom stereocenters. The van der Waals surface area contributed by atoms with E-state index in [-0.39, 0.29) is 6.61 Å². The lowest BCUT2D eigenvalue weighted by atomic mass is 9.92. The Kier molecular flexibility index (Phi) is 6.27. The van der Waals surface area contributed by atoms with E-state index in [0.717, 1.165) is 13.0 Å². The number of ether oxygens (including phenoxy) is 1. The minimum absolute atomic E-state index is 0.202. The molecule has 1 saturated carbocycles. The second-order valence-corrected chi connectivity index (χ2v) is 4.95. The Hall–Kier alpha value is -0.290. The summed E-state index contributed by atoms with van der Waals surface area (Å²) in [7, 11) is 0. The highest BCUT2D eigenvalue weighted by atomic mass is 19.4. The van der Waals surface area contributed by atoms with Crippen LogP contribution in [-0.2, 0) is 4.74 Å². The molecule has 1 atom stereocenters. The largest absolute Gasteiger partial charge is 0.411 e. The zero-order valence-electron chi connectivity index (χ0n) is 10.4. The summed E-state index contributed by atoms with van der Waals surface area (Å²) >= 11 is 0. The van der Waals surface area contributed by atoms with Gasteiger partial charge in [-0.2, -0.15) is 13.2 Å². The lowest BCUT2D eigenvalue weighted by Gasteiger charge is -2.28. The molecular weight excluding hydrogens is 231 g/mol. The summed E-state index contributed by atoms with van der Waals surface area (Å²) in [4.78, 5) is 0. The van der Waals surface area contributed by atoms with Gasteiger partial charge in [0, 0.05) is 12.6 Å². The van der Waals surface area contributed by atoms with Crippen molar-refractivity contribution in [3.63, 3.8) is 0 Å². The van der Waals surface area contributed by atoms with Crippen LogP contribution in [0, 0.1) is 5.92 Å². The maximum atomic E-state index is 11.8. The number of hydrogen-bond donors (Lipinski definition) is 1. The van der Waals surface area contributed by atoms with Crippen molar-refractivity contribution in [1.29, 1.82) is 0 Å². The van der Waals surface area contributed by atoms with Crippen LogP contribution in [-0.4, -0.2) is 32.0 Å². The van der Waals surface area contributed by atoms with Gasteiger partial charge in [-0.05, 0) is 38.1 Å². The molecular formula is C12H22F3NO. The third kappa shape index (κ3) is 7.60. The molecule has 0 spiro atoms. The fourth-order valence-electron chi connectivity index (χ4n) is 1.80. The van der Waals surface area contributed by atoms with Gasteiger partial charge >= 0.3 is 6.18 Å². The van der Waals surface area contributed by atoms with E-state index in [0.29, 0.717) is 18.4 Å². The summed E-state index contributed by atoms with van der Waals surface area (Å²) in [5.74, 6) is 0.505. The number of nitrogens with one attached hydrogen (secondary N) is 1. The standard InChI is InChI=1S/C12H22F3NO/c1-10(8-16-11-5-2-6-11)4-3-7-17-9-12(13,14)15/h10-11,16H,2-9H2,1H3. The average Bonchev–Trinajstić information content (AvgIpc) is 2.13. The first-order valence-corrected chi connectivity index (χ1v) is 6.35. The van der Waals surface area contributed by atoms with Gasteiger partial charge in [-0.3, -0.25) is 0 Å². The predicted octanol–water partition coefficient (Wildman–Crippen LogP) is 3.12. The van der Waals surface area contributed by atoms with Gasteiger partial charge in [0.1, 0.15) is 6.61 Å². The summed E-state index contributed by atoms with van der Waals surface area (Å²) in [5, 5.41) is 3.46. The van der Waals surface area contributed by atoms with Crippen molar-refractivity contribution in [3.8, 4) is 0 Å². The molecule has 1 aliphatic rings. The summed E-state index contributed by atoms with van der Waals surface area (Å²) in [6.45, 7) is 2.16. The van der Waals surface area contributed by atoms with Gasteiger partial charge in [0.25, 0.3) is 0 Å². The maximum absolute atomic E-state index is 11.8. The fraction of sp³-hybridized carbons (Fsp3) is 1.00. The molecule has 0 radical (unpaired) electrons. The predicted molar refractivity (Wildman–Crippen MR) is 60.9 cm³/mol. The average molecular weight is 253 g/mol. The van der Waals surface area contributed by atoms with Gasteiger partial charge in [-0.25, -0.2) is 0 Å². The molecule has 17 heavy (non-hydrogen) atoms. The van der Waals surface area contributed by atoms with Crippen molar-refractivity contribution in [3.05, 3.63) is 0 Å². The van der Waals surface area contributed by atoms with E-state index in [2.05, 4.69) is 17.0 Å². The van der Waals surface area contributed by atoms with Crippen molar-refractivity contribution in [2.75, 3.05) is 19.8 Å². The molecule has 1 rings (SSSR count). The summed E-state index contributed by atoms with van der Waals surface area (Å²) in [6, 6.07) is 0.680. The van der Waals surface area contributed by atoms with Gasteiger partial charge < -0.3 is 10.1 Å². The molecule has 1 fully saturated rings. The summed E-state index contributed by atoms with van der Waals surface area (Å²) in [6.07, 6.45) is 1.26. The molecule has 0 aromatic heterocycles. The molecule has 0 amide bonds. The van der Waals surface area contributed by atoms with Crippen LogP contribution >= 0.6 is 0 Å². The molecule has 0 aromatic carbocycles. The van der Waals surface area contributed by atoms with E-state index in [9.17, 15) is 13.2 Å². The Balaban J connectivity index is 1.87. The highest BCUT2D eigenvalue weighted by Gasteiger charge is 2.27. The van der Waals surface area contributed by atoms with E-state index in [1.807, 2.05) is 0 Å². The molecule has 102 valence electrons. The van der Waals surface area contributed by atoms with Crippen molar-refractivity contribution >= 4 is 0 Å². The van der Waals surface area contributed by atoms with Crippen molar-refractivity contribution in [2.24, 2.45) is 5.92 Å². The van der Waals surface area contributed by atoms with Gasteiger partial charge in [0.05, 0.1) is 0 Å². The van der Waals surface area contributed by atoms with Crippen molar-refractivity contribution < 1.29 is 17.9 Å². The Morgan fingerprint density at radius 3 is 2.59 bits per heavy atom. The fourth-order valence-corrected chi connectivity index (χ4v) is 1.80. The van der Waals surface area contributed by atoms with E-state index in [1.54, 1.807) is 0 Å². The highest BCUT2D eigenvalue weighted by molar-refractivity contribution is 4.76. The molecule has 1 aliphatic carbocycles. The van der Waals surface area contributed by atoms with E-state index in [1.165, 1.54) is 19.3 Å². The van der Waals surface area contributed by atoms with Crippen molar-refractivity contribution in [2.45, 2.75) is 51.2 Å². The molecule has 0 bridgehead atoms. The maximum Gasteiger partial charge on any atom is 0.411 e. The molecule has 5 heteroatoms. The normalized spacial score (nSPS) is 19.1. The first-order chi connectivity index (χ1) is 7.97. The number of rotatable bonds is 8. The molecule has 1 N–H and O–H groups in total. The Morgan fingerprint density at radius 1 is 1.35 bits per heavy atom. The smallest absolute Gasteiger partial charge is 0.372 e. The minimum Gasteiger partial charge on any atom is -0.372 e. The van der Waals surface area contributed by atoms with Gasteiger partial charge in [0.15, 0.2) is 0 Å². The van der Waals surface area contributed by atoms with Crippen LogP contribution in [0.4, 0.5) is 13.2 Å². The van der Waals surface area contributed by atoms with Crippen LogP contribution in [0.2, 0.25) is 0 Å². The second-order valence-electron chi connectivity index (χ2n) is 4.95. The van der Waals surface area contributed by atoms with Crippen LogP contribution in [0.15, 0.2) is 0 Å². The Labute approximate surface area is 101 Å². The van der Waals surface area contributed by atoms with Crippen LogP contribution in [0.5, 0.6) is 0 Å². The van der Waals surface area contributed by atoms with E-state index >= 15 is 0 Å². The number of hydrogen-bond acceptors (Lipinski definition) is 2. The first kappa shape index (κ1) is 14.8. The van der Waals surface area contributed by atoms with Crippen molar-refractivity contribution in [1.82, 2.24) is 5.32 Å². The van der Waals surface area contributed by atoms with Gasteiger partial charge in [0.2, 0.25) is 0 Å². The SMILES string of the molecule is CC(CCCOCC(F)(F)F)CNC1CCC1. The monoisotopic (exact) mass is 253 g/mol. The molecule has 0 aliphatic heterocycles.